The molecule has 2 saturated heterocycles. The highest BCUT2D eigenvalue weighted by molar-refractivity contribution is 6.01. The molecule has 2 atom stereocenters. The van der Waals surface area contributed by atoms with E-state index in [1.165, 1.54) is 4.90 Å². The summed E-state index contributed by atoms with van der Waals surface area (Å²) in [5.41, 5.74) is 0. The van der Waals surface area contributed by atoms with E-state index >= 15 is 0 Å². The Morgan fingerprint density at radius 1 is 1.21 bits per heavy atom. The van der Waals surface area contributed by atoms with E-state index in [1.807, 2.05) is 6.92 Å². The molecule has 0 aliphatic carbocycles. The van der Waals surface area contributed by atoms with Gasteiger partial charge in [-0.3, -0.25) is 19.4 Å². The predicted octanol–water partition coefficient (Wildman–Crippen LogP) is 0.761. The predicted molar refractivity (Wildman–Crippen MR) is 71.5 cm³/mol. The van der Waals surface area contributed by atoms with Crippen LogP contribution in [-0.4, -0.2) is 58.5 Å². The highest BCUT2D eigenvalue weighted by Gasteiger charge is 2.31. The molecule has 2 amide bonds. The molecule has 0 aromatic carbocycles. The van der Waals surface area contributed by atoms with Gasteiger partial charge in [0.1, 0.15) is 0 Å². The molecule has 2 fully saturated rings. The van der Waals surface area contributed by atoms with Crippen LogP contribution in [0.1, 0.15) is 45.4 Å². The second-order valence-electron chi connectivity index (χ2n) is 5.51. The molecule has 0 spiro atoms. The lowest BCUT2D eigenvalue weighted by molar-refractivity contribution is -0.138. The summed E-state index contributed by atoms with van der Waals surface area (Å²) in [5.74, 6) is -0.0933. The Hall–Kier alpha value is -0.940. The van der Waals surface area contributed by atoms with E-state index in [9.17, 15) is 14.7 Å². The lowest BCUT2D eigenvalue weighted by atomic mass is 9.96. The van der Waals surface area contributed by atoms with Gasteiger partial charge in [0.2, 0.25) is 11.8 Å². The van der Waals surface area contributed by atoms with Crippen LogP contribution in [0.3, 0.4) is 0 Å². The molecule has 2 aliphatic rings. The first-order valence-corrected chi connectivity index (χ1v) is 7.38. The fourth-order valence-electron chi connectivity index (χ4n) is 3.10. The first-order valence-electron chi connectivity index (χ1n) is 7.38. The van der Waals surface area contributed by atoms with Gasteiger partial charge in [-0.1, -0.05) is 13.3 Å². The largest absolute Gasteiger partial charge is 0.392 e. The maximum atomic E-state index is 11.6. The second kappa shape index (κ2) is 6.48. The van der Waals surface area contributed by atoms with E-state index in [1.54, 1.807) is 0 Å². The standard InChI is InChI=1S/C14H24N2O3/c1-2-12(17)11-5-3-4-8-15(11)9-10-16-13(18)6-7-14(16)19/h11-12,17H,2-10H2,1H3. The van der Waals surface area contributed by atoms with Crippen LogP contribution in [0.5, 0.6) is 0 Å². The summed E-state index contributed by atoms with van der Waals surface area (Å²) in [5, 5.41) is 10.1. The van der Waals surface area contributed by atoms with Gasteiger partial charge < -0.3 is 5.11 Å². The molecule has 0 aromatic rings. The van der Waals surface area contributed by atoms with Gasteiger partial charge in [-0.05, 0) is 25.8 Å². The van der Waals surface area contributed by atoms with Crippen molar-refractivity contribution in [3.63, 3.8) is 0 Å². The first kappa shape index (κ1) is 14.5. The number of aliphatic hydroxyl groups is 1. The fourth-order valence-corrected chi connectivity index (χ4v) is 3.10. The zero-order valence-electron chi connectivity index (χ0n) is 11.7. The third kappa shape index (κ3) is 3.34. The number of rotatable bonds is 5. The number of aliphatic hydroxyl groups excluding tert-OH is 1. The van der Waals surface area contributed by atoms with Gasteiger partial charge in [0.15, 0.2) is 0 Å². The van der Waals surface area contributed by atoms with Crippen LogP contribution >= 0.6 is 0 Å². The Morgan fingerprint density at radius 2 is 1.89 bits per heavy atom. The lowest BCUT2D eigenvalue weighted by Gasteiger charge is -2.38. The van der Waals surface area contributed by atoms with Gasteiger partial charge in [-0.25, -0.2) is 0 Å². The van der Waals surface area contributed by atoms with E-state index in [-0.39, 0.29) is 24.0 Å². The van der Waals surface area contributed by atoms with E-state index in [4.69, 9.17) is 0 Å². The molecular formula is C14H24N2O3. The Labute approximate surface area is 114 Å². The summed E-state index contributed by atoms with van der Waals surface area (Å²) >= 11 is 0. The van der Waals surface area contributed by atoms with E-state index in [0.29, 0.717) is 25.9 Å². The van der Waals surface area contributed by atoms with Gasteiger partial charge in [0, 0.05) is 32.0 Å². The smallest absolute Gasteiger partial charge is 0.229 e. The number of carbonyl (C=O) groups excluding carboxylic acids is 2. The molecule has 108 valence electrons. The third-order valence-corrected chi connectivity index (χ3v) is 4.29. The molecule has 0 aromatic heterocycles. The van der Waals surface area contributed by atoms with Crippen molar-refractivity contribution in [2.24, 2.45) is 0 Å². The number of piperidine rings is 1. The number of imide groups is 1. The molecule has 0 radical (unpaired) electrons. The molecule has 1 N–H and O–H groups in total. The molecular weight excluding hydrogens is 244 g/mol. The summed E-state index contributed by atoms with van der Waals surface area (Å²) in [6.07, 6.45) is 4.47. The van der Waals surface area contributed by atoms with Crippen molar-refractivity contribution < 1.29 is 14.7 Å². The number of nitrogens with zero attached hydrogens (tertiary/aromatic N) is 2. The number of hydrogen-bond donors (Lipinski definition) is 1. The Bertz CT molecular complexity index is 330. The minimum atomic E-state index is -0.301. The first-order chi connectivity index (χ1) is 9.13. The van der Waals surface area contributed by atoms with Crippen LogP contribution in [-0.2, 0) is 9.59 Å². The molecule has 5 heteroatoms. The molecule has 2 heterocycles. The molecule has 19 heavy (non-hydrogen) atoms. The third-order valence-electron chi connectivity index (χ3n) is 4.29. The van der Waals surface area contributed by atoms with Crippen LogP contribution in [0.25, 0.3) is 0 Å². The van der Waals surface area contributed by atoms with Crippen molar-refractivity contribution in [2.75, 3.05) is 19.6 Å². The van der Waals surface area contributed by atoms with E-state index in [2.05, 4.69) is 4.90 Å². The van der Waals surface area contributed by atoms with Crippen LogP contribution < -0.4 is 0 Å². The van der Waals surface area contributed by atoms with Gasteiger partial charge in [-0.15, -0.1) is 0 Å². The summed E-state index contributed by atoms with van der Waals surface area (Å²) in [6.45, 7) is 4.12. The summed E-state index contributed by atoms with van der Waals surface area (Å²) in [7, 11) is 0. The maximum absolute atomic E-state index is 11.6. The molecule has 2 unspecified atom stereocenters. The van der Waals surface area contributed by atoms with Gasteiger partial charge in [0.05, 0.1) is 6.10 Å². The van der Waals surface area contributed by atoms with Gasteiger partial charge in [-0.2, -0.15) is 0 Å². The van der Waals surface area contributed by atoms with Crippen LogP contribution in [0.2, 0.25) is 0 Å². The highest BCUT2D eigenvalue weighted by Crippen LogP contribution is 2.21. The van der Waals surface area contributed by atoms with E-state index < -0.39 is 0 Å². The van der Waals surface area contributed by atoms with Crippen molar-refractivity contribution in [3.8, 4) is 0 Å². The lowest BCUT2D eigenvalue weighted by Crippen LogP contribution is -2.49. The van der Waals surface area contributed by atoms with Crippen molar-refractivity contribution in [3.05, 3.63) is 0 Å². The van der Waals surface area contributed by atoms with Gasteiger partial charge >= 0.3 is 0 Å². The maximum Gasteiger partial charge on any atom is 0.229 e. The normalized spacial score (nSPS) is 27.1. The average molecular weight is 268 g/mol. The van der Waals surface area contributed by atoms with Crippen LogP contribution in [0.15, 0.2) is 0 Å². The average Bonchev–Trinajstić information content (AvgIpc) is 2.75. The highest BCUT2D eigenvalue weighted by atomic mass is 16.3. The van der Waals surface area contributed by atoms with Crippen LogP contribution in [0, 0.1) is 0 Å². The fraction of sp³-hybridized carbons (Fsp3) is 0.857. The van der Waals surface area contributed by atoms with Crippen molar-refractivity contribution >= 4 is 11.8 Å². The second-order valence-corrected chi connectivity index (χ2v) is 5.51. The van der Waals surface area contributed by atoms with Crippen molar-refractivity contribution in [1.29, 1.82) is 0 Å². The SMILES string of the molecule is CCC(O)C1CCCCN1CCN1C(=O)CCC1=O. The quantitative estimate of drug-likeness (QED) is 0.748. The van der Waals surface area contributed by atoms with Crippen molar-refractivity contribution in [2.45, 2.75) is 57.6 Å². The topological polar surface area (TPSA) is 60.9 Å². The number of hydrogen-bond acceptors (Lipinski definition) is 4. The van der Waals surface area contributed by atoms with Crippen molar-refractivity contribution in [1.82, 2.24) is 9.80 Å². The summed E-state index contributed by atoms with van der Waals surface area (Å²) in [4.78, 5) is 26.8. The molecule has 0 saturated carbocycles. The molecule has 2 aliphatic heterocycles. The molecule has 2 rings (SSSR count). The number of amides is 2. The zero-order valence-corrected chi connectivity index (χ0v) is 11.7. The van der Waals surface area contributed by atoms with Gasteiger partial charge in [0.25, 0.3) is 0 Å². The number of likely N-dealkylation sites (tertiary alicyclic amines) is 2. The molecule has 5 nitrogen and oxygen atoms in total. The molecule has 0 bridgehead atoms. The monoisotopic (exact) mass is 268 g/mol. The van der Waals surface area contributed by atoms with Crippen LogP contribution in [0.4, 0.5) is 0 Å². The summed E-state index contributed by atoms with van der Waals surface area (Å²) in [6, 6.07) is 0.187. The Morgan fingerprint density at radius 3 is 2.53 bits per heavy atom. The zero-order chi connectivity index (χ0) is 13.8. The van der Waals surface area contributed by atoms with E-state index in [0.717, 1.165) is 32.2 Å². The Balaban J connectivity index is 1.89. The Kier molecular flexibility index (Phi) is 4.93. The minimum absolute atomic E-state index is 0.0467. The number of carbonyl (C=O) groups is 2. The minimum Gasteiger partial charge on any atom is -0.392 e. The summed E-state index contributed by atoms with van der Waals surface area (Å²) < 4.78 is 0.